The van der Waals surface area contributed by atoms with Crippen molar-refractivity contribution in [2.75, 3.05) is 26.7 Å². The van der Waals surface area contributed by atoms with Gasteiger partial charge in [0.2, 0.25) is 0 Å². The molecule has 0 saturated carbocycles. The quantitative estimate of drug-likeness (QED) is 0.353. The normalized spacial score (nSPS) is 16.0. The summed E-state index contributed by atoms with van der Waals surface area (Å²) in [5.41, 5.74) is -0.495. The summed E-state index contributed by atoms with van der Waals surface area (Å²) in [5.74, 6) is -1.90. The van der Waals surface area contributed by atoms with Gasteiger partial charge in [0.15, 0.2) is 11.6 Å². The molecule has 0 unspecified atom stereocenters. The maximum atomic E-state index is 14.1. The number of halogens is 5. The van der Waals surface area contributed by atoms with Gasteiger partial charge in [0, 0.05) is 5.41 Å². The van der Waals surface area contributed by atoms with Gasteiger partial charge >= 0.3 is 6.18 Å². The third-order valence-corrected chi connectivity index (χ3v) is 6.86. The molecule has 1 aliphatic rings. The monoisotopic (exact) mass is 500 g/mol. The van der Waals surface area contributed by atoms with E-state index in [-0.39, 0.29) is 18.8 Å². The lowest BCUT2D eigenvalue weighted by Gasteiger charge is -2.41. The molecule has 3 nitrogen and oxygen atoms in total. The van der Waals surface area contributed by atoms with Crippen LogP contribution in [-0.2, 0) is 22.9 Å². The topological polar surface area (TPSA) is 36.3 Å². The number of benzene rings is 3. The summed E-state index contributed by atoms with van der Waals surface area (Å²) in [6.07, 6.45) is -3.50. The van der Waals surface area contributed by atoms with Crippen molar-refractivity contribution < 1.29 is 26.7 Å². The van der Waals surface area contributed by atoms with Gasteiger partial charge in [-0.05, 0) is 79.5 Å². The van der Waals surface area contributed by atoms with E-state index in [0.29, 0.717) is 42.6 Å². The fourth-order valence-corrected chi connectivity index (χ4v) is 4.71. The Labute approximate surface area is 206 Å². The van der Waals surface area contributed by atoms with Gasteiger partial charge in [-0.15, -0.1) is 0 Å². The predicted octanol–water partition coefficient (Wildman–Crippen LogP) is 6.70. The molecule has 1 fully saturated rings. The van der Waals surface area contributed by atoms with Gasteiger partial charge in [0.05, 0.1) is 24.3 Å². The molecule has 1 saturated heterocycles. The molecule has 0 atom stereocenters. The van der Waals surface area contributed by atoms with Crippen LogP contribution >= 0.6 is 0 Å². The third-order valence-electron chi connectivity index (χ3n) is 6.86. The lowest BCUT2D eigenvalue weighted by Crippen LogP contribution is -2.44. The van der Waals surface area contributed by atoms with Crippen LogP contribution in [0, 0.1) is 23.0 Å². The van der Waals surface area contributed by atoms with E-state index in [1.54, 1.807) is 42.5 Å². The van der Waals surface area contributed by atoms with E-state index in [9.17, 15) is 27.2 Å². The van der Waals surface area contributed by atoms with E-state index < -0.39 is 34.4 Å². The number of alkyl halides is 3. The second-order valence-corrected chi connectivity index (χ2v) is 9.24. The lowest BCUT2D eigenvalue weighted by atomic mass is 9.73. The van der Waals surface area contributed by atoms with Crippen LogP contribution in [0.5, 0.6) is 0 Å². The van der Waals surface area contributed by atoms with Crippen LogP contribution in [0.1, 0.15) is 35.1 Å². The Kier molecular flexibility index (Phi) is 7.43. The van der Waals surface area contributed by atoms with Crippen LogP contribution in [0.3, 0.4) is 0 Å². The van der Waals surface area contributed by atoms with E-state index >= 15 is 0 Å². The number of nitriles is 1. The summed E-state index contributed by atoms with van der Waals surface area (Å²) >= 11 is 0. The van der Waals surface area contributed by atoms with Crippen molar-refractivity contribution in [2.24, 2.45) is 0 Å². The van der Waals surface area contributed by atoms with Crippen molar-refractivity contribution in [3.05, 3.63) is 94.6 Å². The second-order valence-electron chi connectivity index (χ2n) is 9.24. The third kappa shape index (κ3) is 5.43. The molecule has 0 spiro atoms. The summed E-state index contributed by atoms with van der Waals surface area (Å²) in [6.45, 7) is 1.27. The molecule has 36 heavy (non-hydrogen) atoms. The highest BCUT2D eigenvalue weighted by molar-refractivity contribution is 5.68. The number of hydrogen-bond donors (Lipinski definition) is 0. The number of ether oxygens (including phenoxy) is 1. The Balaban J connectivity index is 1.66. The molecule has 8 heteroatoms. The number of rotatable bonds is 6. The number of nitrogens with zero attached hydrogens (tertiary/aromatic N) is 2. The first-order chi connectivity index (χ1) is 17.1. The summed E-state index contributed by atoms with van der Waals surface area (Å²) in [5, 5.41) is 9.60. The molecule has 1 aliphatic heterocycles. The minimum absolute atomic E-state index is 0.0910. The average Bonchev–Trinajstić information content (AvgIpc) is 2.86. The molecule has 0 amide bonds. The molecule has 0 aromatic heterocycles. The molecule has 0 N–H and O–H groups in total. The zero-order valence-corrected chi connectivity index (χ0v) is 19.7. The van der Waals surface area contributed by atoms with Gasteiger partial charge < -0.3 is 9.64 Å². The molecule has 3 aromatic rings. The smallest absolute Gasteiger partial charge is 0.376 e. The lowest BCUT2D eigenvalue weighted by molar-refractivity contribution is -0.137. The molecule has 3 aromatic carbocycles. The van der Waals surface area contributed by atoms with E-state index in [1.807, 2.05) is 7.05 Å². The molecular weight excluding hydrogens is 475 g/mol. The first kappa shape index (κ1) is 25.8. The Morgan fingerprint density at radius 3 is 2.25 bits per heavy atom. The first-order valence-electron chi connectivity index (χ1n) is 11.5. The number of hydrogen-bond acceptors (Lipinski definition) is 3. The van der Waals surface area contributed by atoms with Crippen LogP contribution in [0.25, 0.3) is 11.1 Å². The van der Waals surface area contributed by atoms with Crippen LogP contribution in [-0.4, -0.2) is 31.6 Å². The van der Waals surface area contributed by atoms with Crippen molar-refractivity contribution in [1.82, 2.24) is 4.90 Å². The standard InChI is InChI=1S/C28H25F5N2O/c1-35-11-9-27(10-12-35,22-7-8-25(29)26(30)15-22)18-36-17-21-13-20(19-5-3-2-4-6-19)14-24(23(21)16-34)28(31,32)33/h2-8,13-15H,9-12,17-18H2,1H3. The maximum Gasteiger partial charge on any atom is 0.417 e. The van der Waals surface area contributed by atoms with Crippen LogP contribution < -0.4 is 0 Å². The molecule has 0 radical (unpaired) electrons. The van der Waals surface area contributed by atoms with Crippen molar-refractivity contribution in [1.29, 1.82) is 5.26 Å². The zero-order valence-electron chi connectivity index (χ0n) is 19.7. The van der Waals surface area contributed by atoms with Crippen molar-refractivity contribution in [2.45, 2.75) is 31.0 Å². The van der Waals surface area contributed by atoms with Gasteiger partial charge in [-0.3, -0.25) is 0 Å². The van der Waals surface area contributed by atoms with Crippen molar-refractivity contribution >= 4 is 0 Å². The highest BCUT2D eigenvalue weighted by Gasteiger charge is 2.38. The largest absolute Gasteiger partial charge is 0.417 e. The Bertz CT molecular complexity index is 1260. The van der Waals surface area contributed by atoms with Gasteiger partial charge in [-0.2, -0.15) is 18.4 Å². The van der Waals surface area contributed by atoms with Crippen molar-refractivity contribution in [3.63, 3.8) is 0 Å². The highest BCUT2D eigenvalue weighted by Crippen LogP contribution is 2.39. The van der Waals surface area contributed by atoms with E-state index in [4.69, 9.17) is 4.74 Å². The fourth-order valence-electron chi connectivity index (χ4n) is 4.71. The van der Waals surface area contributed by atoms with E-state index in [2.05, 4.69) is 4.90 Å². The molecule has 0 aliphatic carbocycles. The highest BCUT2D eigenvalue weighted by atomic mass is 19.4. The average molecular weight is 501 g/mol. The zero-order chi connectivity index (χ0) is 25.9. The van der Waals surface area contributed by atoms with Gasteiger partial charge in [0.1, 0.15) is 6.07 Å². The maximum absolute atomic E-state index is 14.1. The first-order valence-corrected chi connectivity index (χ1v) is 11.5. The SMILES string of the molecule is CN1CCC(COCc2cc(-c3ccccc3)cc(C(F)(F)F)c2C#N)(c2ccc(F)c(F)c2)CC1. The van der Waals surface area contributed by atoms with Gasteiger partial charge in [-0.1, -0.05) is 36.4 Å². The van der Waals surface area contributed by atoms with E-state index in [1.165, 1.54) is 12.1 Å². The Morgan fingerprint density at radius 2 is 1.64 bits per heavy atom. The molecule has 188 valence electrons. The van der Waals surface area contributed by atoms with Gasteiger partial charge in [0.25, 0.3) is 0 Å². The van der Waals surface area contributed by atoms with Crippen LogP contribution in [0.15, 0.2) is 60.7 Å². The van der Waals surface area contributed by atoms with Crippen molar-refractivity contribution in [3.8, 4) is 17.2 Å². The summed E-state index contributed by atoms with van der Waals surface area (Å²) in [6, 6.07) is 16.6. The summed E-state index contributed by atoms with van der Waals surface area (Å²) in [7, 11) is 1.96. The number of piperidine rings is 1. The minimum Gasteiger partial charge on any atom is -0.376 e. The predicted molar refractivity (Wildman–Crippen MR) is 126 cm³/mol. The molecule has 1 heterocycles. The molecule has 0 bridgehead atoms. The second kappa shape index (κ2) is 10.4. The van der Waals surface area contributed by atoms with Crippen LogP contribution in [0.4, 0.5) is 22.0 Å². The minimum atomic E-state index is -4.72. The fraction of sp³-hybridized carbons (Fsp3) is 0.321. The number of likely N-dealkylation sites (tertiary alicyclic amines) is 1. The Hall–Kier alpha value is -3.28. The summed E-state index contributed by atoms with van der Waals surface area (Å²) < 4.78 is 75.2. The van der Waals surface area contributed by atoms with Gasteiger partial charge in [-0.25, -0.2) is 8.78 Å². The summed E-state index contributed by atoms with van der Waals surface area (Å²) in [4.78, 5) is 2.12. The van der Waals surface area contributed by atoms with Crippen LogP contribution in [0.2, 0.25) is 0 Å². The molecule has 4 rings (SSSR count). The van der Waals surface area contributed by atoms with E-state index in [0.717, 1.165) is 12.1 Å². The molecular formula is C28H25F5N2O. The Morgan fingerprint density at radius 1 is 0.944 bits per heavy atom.